The van der Waals surface area contributed by atoms with Gasteiger partial charge in [-0.25, -0.2) is 0 Å². The Balaban J connectivity index is 2.35. The summed E-state index contributed by atoms with van der Waals surface area (Å²) in [7, 11) is 3.71. The van der Waals surface area contributed by atoms with E-state index >= 15 is 0 Å². The Bertz CT molecular complexity index is 454. The molecule has 0 aliphatic heterocycles. The molecular weight excluding hydrogens is 226 g/mol. The van der Waals surface area contributed by atoms with Gasteiger partial charge < -0.3 is 15.4 Å². The summed E-state index contributed by atoms with van der Waals surface area (Å²) in [6.45, 7) is 2.22. The zero-order chi connectivity index (χ0) is 13.3. The van der Waals surface area contributed by atoms with E-state index in [1.807, 2.05) is 18.2 Å². The summed E-state index contributed by atoms with van der Waals surface area (Å²) in [4.78, 5) is 2.21. The fraction of sp³-hybridized carbons (Fsp3) is 0.500. The predicted octanol–water partition coefficient (Wildman–Crippen LogP) is 2.21. The van der Waals surface area contributed by atoms with E-state index in [-0.39, 0.29) is 5.84 Å². The highest BCUT2D eigenvalue weighted by atomic mass is 16.5. The first-order valence-corrected chi connectivity index (χ1v) is 6.30. The molecule has 1 fully saturated rings. The zero-order valence-corrected chi connectivity index (χ0v) is 11.2. The van der Waals surface area contributed by atoms with Crippen LogP contribution in [0.3, 0.4) is 0 Å². The molecule has 0 aromatic heterocycles. The Morgan fingerprint density at radius 3 is 2.67 bits per heavy atom. The number of ether oxygens (including phenoxy) is 1. The van der Waals surface area contributed by atoms with Crippen molar-refractivity contribution in [3.05, 3.63) is 23.8 Å². The van der Waals surface area contributed by atoms with Gasteiger partial charge in [-0.1, -0.05) is 0 Å². The third-order valence-corrected chi connectivity index (χ3v) is 3.79. The van der Waals surface area contributed by atoms with Crippen molar-refractivity contribution in [2.24, 2.45) is 11.7 Å². The summed E-state index contributed by atoms with van der Waals surface area (Å²) >= 11 is 0. The quantitative estimate of drug-likeness (QED) is 0.619. The minimum absolute atomic E-state index is 0.0995. The molecule has 2 rings (SSSR count). The number of nitrogens with one attached hydrogen (secondary N) is 1. The van der Waals surface area contributed by atoms with Crippen LogP contribution in [0.2, 0.25) is 0 Å². The molecule has 4 heteroatoms. The standard InChI is InChI=1S/C14H21N3O/c1-9(10-4-5-10)17(2)13-8-11(18-3)6-7-12(13)14(15)16/h6-10H,4-5H2,1-3H3,(H3,15,16). The summed E-state index contributed by atoms with van der Waals surface area (Å²) < 4.78 is 5.26. The lowest BCUT2D eigenvalue weighted by molar-refractivity contribution is 0.414. The highest BCUT2D eigenvalue weighted by Crippen LogP contribution is 2.37. The second kappa shape index (κ2) is 4.88. The van der Waals surface area contributed by atoms with Crippen molar-refractivity contribution in [2.75, 3.05) is 19.1 Å². The minimum Gasteiger partial charge on any atom is -0.497 e. The topological polar surface area (TPSA) is 62.3 Å². The maximum Gasteiger partial charge on any atom is 0.124 e. The molecule has 18 heavy (non-hydrogen) atoms. The number of hydrogen-bond donors (Lipinski definition) is 2. The first-order chi connectivity index (χ1) is 8.54. The molecule has 0 heterocycles. The summed E-state index contributed by atoms with van der Waals surface area (Å²) in [5.74, 6) is 1.66. The predicted molar refractivity (Wildman–Crippen MR) is 74.6 cm³/mol. The fourth-order valence-corrected chi connectivity index (χ4v) is 2.27. The number of methoxy groups -OCH3 is 1. The number of hydrogen-bond acceptors (Lipinski definition) is 3. The van der Waals surface area contributed by atoms with Gasteiger partial charge in [0.05, 0.1) is 12.8 Å². The van der Waals surface area contributed by atoms with E-state index in [0.717, 1.165) is 22.9 Å². The second-order valence-electron chi connectivity index (χ2n) is 4.99. The van der Waals surface area contributed by atoms with Crippen LogP contribution < -0.4 is 15.4 Å². The molecule has 1 aliphatic carbocycles. The molecule has 3 N–H and O–H groups in total. The number of anilines is 1. The molecule has 1 aromatic carbocycles. The Morgan fingerprint density at radius 1 is 1.50 bits per heavy atom. The van der Waals surface area contributed by atoms with E-state index in [0.29, 0.717) is 6.04 Å². The molecule has 1 atom stereocenters. The number of nitrogens with two attached hydrogens (primary N) is 1. The lowest BCUT2D eigenvalue weighted by atomic mass is 10.1. The molecule has 98 valence electrons. The maximum atomic E-state index is 7.67. The smallest absolute Gasteiger partial charge is 0.124 e. The van der Waals surface area contributed by atoms with Gasteiger partial charge in [0.15, 0.2) is 0 Å². The lowest BCUT2D eigenvalue weighted by Gasteiger charge is -2.29. The van der Waals surface area contributed by atoms with Crippen molar-refractivity contribution < 1.29 is 4.74 Å². The van der Waals surface area contributed by atoms with E-state index in [1.54, 1.807) is 7.11 Å². The van der Waals surface area contributed by atoms with Gasteiger partial charge in [-0.15, -0.1) is 0 Å². The van der Waals surface area contributed by atoms with Crippen LogP contribution in [0.4, 0.5) is 5.69 Å². The normalized spacial score (nSPS) is 16.2. The summed E-state index contributed by atoms with van der Waals surface area (Å²) in [6.07, 6.45) is 2.59. The lowest BCUT2D eigenvalue weighted by Crippen LogP contribution is -2.32. The molecule has 0 amide bonds. The van der Waals surface area contributed by atoms with Crippen molar-refractivity contribution in [3.63, 3.8) is 0 Å². The number of rotatable bonds is 5. The van der Waals surface area contributed by atoms with Crippen LogP contribution in [0.15, 0.2) is 18.2 Å². The largest absolute Gasteiger partial charge is 0.497 e. The van der Waals surface area contributed by atoms with Crippen LogP contribution in [0.25, 0.3) is 0 Å². The SMILES string of the molecule is COc1ccc(C(=N)N)c(N(C)C(C)C2CC2)c1. The average molecular weight is 247 g/mol. The van der Waals surface area contributed by atoms with Crippen molar-refractivity contribution in [3.8, 4) is 5.75 Å². The Morgan fingerprint density at radius 2 is 2.17 bits per heavy atom. The summed E-state index contributed by atoms with van der Waals surface area (Å²) in [5, 5.41) is 7.67. The highest BCUT2D eigenvalue weighted by Gasteiger charge is 2.31. The fourth-order valence-electron chi connectivity index (χ4n) is 2.27. The van der Waals surface area contributed by atoms with Gasteiger partial charge in [-0.3, -0.25) is 5.41 Å². The van der Waals surface area contributed by atoms with Gasteiger partial charge in [-0.2, -0.15) is 0 Å². The van der Waals surface area contributed by atoms with Gasteiger partial charge in [0.25, 0.3) is 0 Å². The van der Waals surface area contributed by atoms with Gasteiger partial charge >= 0.3 is 0 Å². The number of nitrogen functional groups attached to an aromatic ring is 1. The van der Waals surface area contributed by atoms with Crippen molar-refractivity contribution in [2.45, 2.75) is 25.8 Å². The van der Waals surface area contributed by atoms with Crippen LogP contribution in [-0.4, -0.2) is 26.0 Å². The third-order valence-electron chi connectivity index (χ3n) is 3.79. The first-order valence-electron chi connectivity index (χ1n) is 6.30. The Hall–Kier alpha value is -1.71. The Kier molecular flexibility index (Phi) is 3.45. The molecule has 1 aromatic rings. The molecule has 1 unspecified atom stereocenters. The van der Waals surface area contributed by atoms with Crippen LogP contribution in [-0.2, 0) is 0 Å². The zero-order valence-electron chi connectivity index (χ0n) is 11.2. The molecular formula is C14H21N3O. The van der Waals surface area contributed by atoms with E-state index < -0.39 is 0 Å². The summed E-state index contributed by atoms with van der Waals surface area (Å²) in [5.41, 5.74) is 7.39. The minimum atomic E-state index is 0.0995. The average Bonchev–Trinajstić information content (AvgIpc) is 3.20. The van der Waals surface area contributed by atoms with E-state index in [9.17, 15) is 0 Å². The van der Waals surface area contributed by atoms with E-state index in [1.165, 1.54) is 12.8 Å². The van der Waals surface area contributed by atoms with Crippen molar-refractivity contribution >= 4 is 11.5 Å². The van der Waals surface area contributed by atoms with Crippen molar-refractivity contribution in [1.29, 1.82) is 5.41 Å². The first kappa shape index (κ1) is 12.7. The summed E-state index contributed by atoms with van der Waals surface area (Å²) in [6, 6.07) is 6.12. The van der Waals surface area contributed by atoms with E-state index in [2.05, 4.69) is 18.9 Å². The monoisotopic (exact) mass is 247 g/mol. The van der Waals surface area contributed by atoms with Gasteiger partial charge in [0.2, 0.25) is 0 Å². The van der Waals surface area contributed by atoms with Crippen LogP contribution in [0.1, 0.15) is 25.3 Å². The van der Waals surface area contributed by atoms with Crippen LogP contribution in [0, 0.1) is 11.3 Å². The molecule has 0 spiro atoms. The molecule has 1 aliphatic rings. The highest BCUT2D eigenvalue weighted by molar-refractivity contribution is 6.00. The third kappa shape index (κ3) is 2.42. The van der Waals surface area contributed by atoms with Crippen LogP contribution >= 0.6 is 0 Å². The van der Waals surface area contributed by atoms with Gasteiger partial charge in [0, 0.05) is 24.7 Å². The molecule has 4 nitrogen and oxygen atoms in total. The second-order valence-corrected chi connectivity index (χ2v) is 4.99. The van der Waals surface area contributed by atoms with Crippen molar-refractivity contribution in [1.82, 2.24) is 0 Å². The number of amidine groups is 1. The van der Waals surface area contributed by atoms with E-state index in [4.69, 9.17) is 15.9 Å². The van der Waals surface area contributed by atoms with Crippen LogP contribution in [0.5, 0.6) is 5.75 Å². The molecule has 1 saturated carbocycles. The molecule has 0 radical (unpaired) electrons. The maximum absolute atomic E-state index is 7.67. The van der Waals surface area contributed by atoms with Gasteiger partial charge in [-0.05, 0) is 37.8 Å². The van der Waals surface area contributed by atoms with Gasteiger partial charge in [0.1, 0.15) is 11.6 Å². The molecule has 0 saturated heterocycles. The number of benzene rings is 1. The molecule has 0 bridgehead atoms. The number of nitrogens with zero attached hydrogens (tertiary/aromatic N) is 1. The Labute approximate surface area is 108 Å².